The maximum absolute atomic E-state index is 3.97. The zero-order valence-corrected chi connectivity index (χ0v) is 11.7. The molecular formula is C17H25N. The highest BCUT2D eigenvalue weighted by atomic mass is 15.0. The van der Waals surface area contributed by atoms with Crippen LogP contribution in [0.4, 0.5) is 0 Å². The molecule has 1 saturated carbocycles. The van der Waals surface area contributed by atoms with E-state index in [1.807, 2.05) is 0 Å². The molecule has 1 heteroatoms. The lowest BCUT2D eigenvalue weighted by molar-refractivity contribution is 0.192. The Morgan fingerprint density at radius 3 is 2.50 bits per heavy atom. The van der Waals surface area contributed by atoms with Gasteiger partial charge < -0.3 is 5.32 Å². The Kier molecular flexibility index (Phi) is 3.43. The molecule has 3 unspecified atom stereocenters. The highest BCUT2D eigenvalue weighted by molar-refractivity contribution is 5.34. The SMILES string of the molecule is CC1CCCC(C)C1NC1CCc2ccccc21. The van der Waals surface area contributed by atoms with E-state index in [9.17, 15) is 0 Å². The van der Waals surface area contributed by atoms with Crippen LogP contribution in [0.1, 0.15) is 56.7 Å². The average Bonchev–Trinajstić information content (AvgIpc) is 2.77. The zero-order valence-electron chi connectivity index (χ0n) is 11.7. The quantitative estimate of drug-likeness (QED) is 0.825. The van der Waals surface area contributed by atoms with Crippen molar-refractivity contribution in [3.05, 3.63) is 35.4 Å². The topological polar surface area (TPSA) is 12.0 Å². The Balaban J connectivity index is 1.74. The summed E-state index contributed by atoms with van der Waals surface area (Å²) in [6, 6.07) is 10.3. The smallest absolute Gasteiger partial charge is 0.0328 e. The van der Waals surface area contributed by atoms with Crippen LogP contribution in [-0.4, -0.2) is 6.04 Å². The molecule has 18 heavy (non-hydrogen) atoms. The molecule has 0 bridgehead atoms. The lowest BCUT2D eigenvalue weighted by atomic mass is 9.78. The summed E-state index contributed by atoms with van der Waals surface area (Å²) in [6.07, 6.45) is 6.76. The van der Waals surface area contributed by atoms with Crippen LogP contribution in [0.3, 0.4) is 0 Å². The molecule has 2 aliphatic carbocycles. The van der Waals surface area contributed by atoms with Gasteiger partial charge in [-0.2, -0.15) is 0 Å². The molecule has 3 atom stereocenters. The summed E-state index contributed by atoms with van der Waals surface area (Å²) in [5.74, 6) is 1.67. The van der Waals surface area contributed by atoms with Crippen molar-refractivity contribution in [3.8, 4) is 0 Å². The Morgan fingerprint density at radius 1 is 1.00 bits per heavy atom. The van der Waals surface area contributed by atoms with Gasteiger partial charge in [0.1, 0.15) is 0 Å². The van der Waals surface area contributed by atoms with Gasteiger partial charge in [-0.25, -0.2) is 0 Å². The fraction of sp³-hybridized carbons (Fsp3) is 0.647. The largest absolute Gasteiger partial charge is 0.307 e. The first-order valence-electron chi connectivity index (χ1n) is 7.59. The van der Waals surface area contributed by atoms with Gasteiger partial charge in [-0.15, -0.1) is 0 Å². The second-order valence-corrected chi connectivity index (χ2v) is 6.37. The van der Waals surface area contributed by atoms with Gasteiger partial charge in [0.2, 0.25) is 0 Å². The van der Waals surface area contributed by atoms with Gasteiger partial charge in [0.25, 0.3) is 0 Å². The Bertz CT molecular complexity index is 402. The van der Waals surface area contributed by atoms with Gasteiger partial charge in [0.05, 0.1) is 0 Å². The number of nitrogens with one attached hydrogen (secondary N) is 1. The third kappa shape index (κ3) is 2.21. The molecule has 0 spiro atoms. The lowest BCUT2D eigenvalue weighted by Crippen LogP contribution is -2.44. The molecule has 1 fully saturated rings. The van der Waals surface area contributed by atoms with Gasteiger partial charge in [0, 0.05) is 12.1 Å². The molecule has 0 aromatic heterocycles. The third-order valence-electron chi connectivity index (χ3n) is 5.07. The van der Waals surface area contributed by atoms with Crippen molar-refractivity contribution in [1.82, 2.24) is 5.32 Å². The van der Waals surface area contributed by atoms with Gasteiger partial charge in [-0.05, 0) is 48.6 Å². The minimum atomic E-state index is 0.606. The summed E-state index contributed by atoms with van der Waals surface area (Å²) in [4.78, 5) is 0. The van der Waals surface area contributed by atoms with Crippen LogP contribution >= 0.6 is 0 Å². The second kappa shape index (κ2) is 5.05. The first kappa shape index (κ1) is 12.2. The van der Waals surface area contributed by atoms with Crippen LogP contribution < -0.4 is 5.32 Å². The van der Waals surface area contributed by atoms with E-state index >= 15 is 0 Å². The van der Waals surface area contributed by atoms with Crippen LogP contribution in [0.2, 0.25) is 0 Å². The van der Waals surface area contributed by atoms with Crippen LogP contribution in [0.25, 0.3) is 0 Å². The van der Waals surface area contributed by atoms with Crippen LogP contribution in [0, 0.1) is 11.8 Å². The zero-order chi connectivity index (χ0) is 12.5. The van der Waals surface area contributed by atoms with Gasteiger partial charge in [0.15, 0.2) is 0 Å². The normalized spacial score (nSPS) is 35.4. The first-order chi connectivity index (χ1) is 8.75. The molecule has 1 N–H and O–H groups in total. The number of hydrogen-bond donors (Lipinski definition) is 1. The van der Waals surface area contributed by atoms with Crippen molar-refractivity contribution in [2.24, 2.45) is 11.8 Å². The molecule has 0 amide bonds. The highest BCUT2D eigenvalue weighted by Crippen LogP contribution is 2.35. The summed E-state index contributed by atoms with van der Waals surface area (Å²) in [5.41, 5.74) is 3.12. The van der Waals surface area contributed by atoms with Crippen molar-refractivity contribution in [3.63, 3.8) is 0 Å². The number of aryl methyl sites for hydroxylation is 1. The molecule has 0 aliphatic heterocycles. The van der Waals surface area contributed by atoms with E-state index in [-0.39, 0.29) is 0 Å². The molecule has 0 heterocycles. The van der Waals surface area contributed by atoms with Crippen molar-refractivity contribution >= 4 is 0 Å². The molecule has 1 aromatic rings. The van der Waals surface area contributed by atoms with Crippen LogP contribution in [-0.2, 0) is 6.42 Å². The van der Waals surface area contributed by atoms with E-state index in [0.29, 0.717) is 6.04 Å². The van der Waals surface area contributed by atoms with E-state index in [0.717, 1.165) is 17.9 Å². The van der Waals surface area contributed by atoms with Crippen molar-refractivity contribution in [2.45, 2.75) is 58.0 Å². The fourth-order valence-corrected chi connectivity index (χ4v) is 3.97. The van der Waals surface area contributed by atoms with Crippen molar-refractivity contribution < 1.29 is 0 Å². The van der Waals surface area contributed by atoms with Crippen molar-refractivity contribution in [1.29, 1.82) is 0 Å². The maximum Gasteiger partial charge on any atom is 0.0328 e. The van der Waals surface area contributed by atoms with Gasteiger partial charge in [-0.1, -0.05) is 44.5 Å². The van der Waals surface area contributed by atoms with Gasteiger partial charge in [-0.3, -0.25) is 0 Å². The van der Waals surface area contributed by atoms with Crippen molar-refractivity contribution in [2.75, 3.05) is 0 Å². The molecule has 3 rings (SSSR count). The summed E-state index contributed by atoms with van der Waals surface area (Å²) >= 11 is 0. The molecule has 1 nitrogen and oxygen atoms in total. The fourth-order valence-electron chi connectivity index (χ4n) is 3.97. The number of rotatable bonds is 2. The van der Waals surface area contributed by atoms with Crippen LogP contribution in [0.15, 0.2) is 24.3 Å². The maximum atomic E-state index is 3.97. The minimum Gasteiger partial charge on any atom is -0.307 e. The Labute approximate surface area is 111 Å². The summed E-state index contributed by atoms with van der Waals surface area (Å²) in [5, 5.41) is 3.97. The molecular weight excluding hydrogens is 218 g/mol. The van der Waals surface area contributed by atoms with Gasteiger partial charge >= 0.3 is 0 Å². The Hall–Kier alpha value is -0.820. The number of hydrogen-bond acceptors (Lipinski definition) is 1. The predicted molar refractivity (Wildman–Crippen MR) is 76.6 cm³/mol. The summed E-state index contributed by atoms with van der Waals surface area (Å²) in [6.45, 7) is 4.85. The Morgan fingerprint density at radius 2 is 1.72 bits per heavy atom. The lowest BCUT2D eigenvalue weighted by Gasteiger charge is -2.37. The van der Waals surface area contributed by atoms with E-state index in [1.165, 1.54) is 32.1 Å². The summed E-state index contributed by atoms with van der Waals surface area (Å²) in [7, 11) is 0. The standard InChI is InChI=1S/C17H25N/c1-12-6-5-7-13(2)17(12)18-16-11-10-14-8-3-4-9-15(14)16/h3-4,8-9,12-13,16-18H,5-7,10-11H2,1-2H3. The second-order valence-electron chi connectivity index (χ2n) is 6.37. The van der Waals surface area contributed by atoms with E-state index in [4.69, 9.17) is 0 Å². The summed E-state index contributed by atoms with van der Waals surface area (Å²) < 4.78 is 0. The molecule has 98 valence electrons. The average molecular weight is 243 g/mol. The third-order valence-corrected chi connectivity index (χ3v) is 5.07. The van der Waals surface area contributed by atoms with E-state index in [2.05, 4.69) is 43.4 Å². The van der Waals surface area contributed by atoms with E-state index < -0.39 is 0 Å². The molecule has 1 aromatic carbocycles. The predicted octanol–water partition coefficient (Wildman–Crippen LogP) is 4.09. The number of fused-ring (bicyclic) bond motifs is 1. The highest BCUT2D eigenvalue weighted by Gasteiger charge is 2.31. The minimum absolute atomic E-state index is 0.606. The molecule has 0 saturated heterocycles. The first-order valence-corrected chi connectivity index (χ1v) is 7.59. The number of benzene rings is 1. The van der Waals surface area contributed by atoms with Crippen LogP contribution in [0.5, 0.6) is 0 Å². The monoisotopic (exact) mass is 243 g/mol. The molecule has 2 aliphatic rings. The molecule has 0 radical (unpaired) electrons. The van der Waals surface area contributed by atoms with E-state index in [1.54, 1.807) is 11.1 Å².